The number of anilines is 1. The Kier molecular flexibility index (Phi) is 2.79. The second-order valence-electron chi connectivity index (χ2n) is 4.58. The Hall–Kier alpha value is -2.28. The van der Waals surface area contributed by atoms with E-state index in [0.29, 0.717) is 29.0 Å². The zero-order valence-corrected chi connectivity index (χ0v) is 11.1. The summed E-state index contributed by atoms with van der Waals surface area (Å²) in [6, 6.07) is 1.55. The van der Waals surface area contributed by atoms with E-state index in [2.05, 4.69) is 15.5 Å². The zero-order chi connectivity index (χ0) is 14.4. The maximum atomic E-state index is 14.3. The number of nitrogens with one attached hydrogen (secondary N) is 1. The van der Waals surface area contributed by atoms with Crippen molar-refractivity contribution < 1.29 is 9.50 Å². The van der Waals surface area contributed by atoms with Crippen LogP contribution in [0.25, 0.3) is 10.9 Å². The van der Waals surface area contributed by atoms with Gasteiger partial charge in [0.25, 0.3) is 0 Å². The van der Waals surface area contributed by atoms with Gasteiger partial charge in [0.2, 0.25) is 0 Å². The monoisotopic (exact) mass is 276 g/mol. The molecule has 1 aromatic carbocycles. The molecular formula is C13H13FN4O2. The molecule has 1 aliphatic rings. The van der Waals surface area contributed by atoms with Crippen molar-refractivity contribution in [1.82, 2.24) is 9.55 Å². The Morgan fingerprint density at radius 1 is 1.50 bits per heavy atom. The van der Waals surface area contributed by atoms with Crippen molar-refractivity contribution in [2.24, 2.45) is 5.10 Å². The average Bonchev–Trinajstić information content (AvgIpc) is 2.44. The van der Waals surface area contributed by atoms with Gasteiger partial charge in [-0.2, -0.15) is 10.1 Å². The van der Waals surface area contributed by atoms with Gasteiger partial charge in [-0.05, 0) is 19.9 Å². The number of rotatable bonds is 2. The van der Waals surface area contributed by atoms with Crippen molar-refractivity contribution >= 4 is 22.4 Å². The largest absolute Gasteiger partial charge is 0.392 e. The van der Waals surface area contributed by atoms with Crippen molar-refractivity contribution in [3.63, 3.8) is 0 Å². The predicted octanol–water partition coefficient (Wildman–Crippen LogP) is 1.20. The molecule has 0 radical (unpaired) electrons. The van der Waals surface area contributed by atoms with Crippen LogP contribution in [-0.2, 0) is 13.2 Å². The summed E-state index contributed by atoms with van der Waals surface area (Å²) in [7, 11) is 0. The lowest BCUT2D eigenvalue weighted by Gasteiger charge is -2.20. The first kappa shape index (κ1) is 12.7. The molecule has 1 aliphatic heterocycles. The fourth-order valence-corrected chi connectivity index (χ4v) is 2.44. The molecule has 0 saturated heterocycles. The molecule has 0 unspecified atom stereocenters. The quantitative estimate of drug-likeness (QED) is 0.863. The number of hydrogen-bond acceptors (Lipinski definition) is 5. The molecule has 0 saturated carbocycles. The minimum absolute atomic E-state index is 0.0296. The molecule has 0 fully saturated rings. The van der Waals surface area contributed by atoms with Crippen molar-refractivity contribution in [2.75, 3.05) is 5.43 Å². The molecule has 0 aliphatic carbocycles. The van der Waals surface area contributed by atoms with Crippen LogP contribution in [0.3, 0.4) is 0 Å². The van der Waals surface area contributed by atoms with Crippen LogP contribution in [0.1, 0.15) is 25.0 Å². The first-order valence-corrected chi connectivity index (χ1v) is 6.26. The minimum atomic E-state index is -0.663. The van der Waals surface area contributed by atoms with Gasteiger partial charge in [-0.1, -0.05) is 0 Å². The van der Waals surface area contributed by atoms with Gasteiger partial charge in [-0.3, -0.25) is 9.99 Å². The maximum absolute atomic E-state index is 14.3. The summed E-state index contributed by atoms with van der Waals surface area (Å²) >= 11 is 0. The van der Waals surface area contributed by atoms with Crippen molar-refractivity contribution in [3.05, 3.63) is 33.5 Å². The summed E-state index contributed by atoms with van der Waals surface area (Å²) in [5.74, 6) is -0.226. The topological polar surface area (TPSA) is 79.5 Å². The van der Waals surface area contributed by atoms with E-state index in [9.17, 15) is 14.3 Å². The summed E-state index contributed by atoms with van der Waals surface area (Å²) in [5, 5.41) is 13.9. The Balaban J connectivity index is 2.56. The van der Waals surface area contributed by atoms with Gasteiger partial charge >= 0.3 is 5.69 Å². The molecule has 0 bridgehead atoms. The van der Waals surface area contributed by atoms with Crippen LogP contribution >= 0.6 is 0 Å². The lowest BCUT2D eigenvalue weighted by Crippen LogP contribution is -2.27. The second-order valence-corrected chi connectivity index (χ2v) is 4.58. The smallest absolute Gasteiger partial charge is 0.349 e. The summed E-state index contributed by atoms with van der Waals surface area (Å²) in [6.45, 7) is 3.52. The molecule has 2 heterocycles. The number of aromatic nitrogens is 2. The lowest BCUT2D eigenvalue weighted by molar-refractivity contribution is 0.276. The third-order valence-corrected chi connectivity index (χ3v) is 3.47. The van der Waals surface area contributed by atoms with Crippen LogP contribution in [-0.4, -0.2) is 20.4 Å². The fraction of sp³-hybridized carbons (Fsp3) is 0.308. The van der Waals surface area contributed by atoms with Crippen LogP contribution in [0, 0.1) is 5.82 Å². The maximum Gasteiger partial charge on any atom is 0.349 e. The Labute approximate surface area is 113 Å². The van der Waals surface area contributed by atoms with Crippen molar-refractivity contribution in [1.29, 1.82) is 0 Å². The van der Waals surface area contributed by atoms with E-state index in [1.54, 1.807) is 19.9 Å². The summed E-state index contributed by atoms with van der Waals surface area (Å²) in [4.78, 5) is 15.8. The number of nitrogens with zero attached hydrogens (tertiary/aromatic N) is 3. The van der Waals surface area contributed by atoms with Crippen LogP contribution in [0.15, 0.2) is 16.0 Å². The lowest BCUT2D eigenvalue weighted by atomic mass is 10.00. The molecule has 2 N–H and O–H groups in total. The standard InChI is InChI=1S/C13H13FN4O2/c1-3-18-12-9-8(6(2)16-17-12)4-7(5-19)10(14)11(9)15-13(18)20/h4,17,19H,3,5H2,1-2H3. The SMILES string of the molecule is CCn1c2c3c(cc(CO)c(F)c3nc1=O)C(C)=NN2. The highest BCUT2D eigenvalue weighted by Crippen LogP contribution is 2.31. The summed E-state index contributed by atoms with van der Waals surface area (Å²) in [5.41, 5.74) is 3.65. The summed E-state index contributed by atoms with van der Waals surface area (Å²) < 4.78 is 15.7. The van der Waals surface area contributed by atoms with Crippen LogP contribution in [0.4, 0.5) is 10.2 Å². The van der Waals surface area contributed by atoms with E-state index in [-0.39, 0.29) is 11.1 Å². The molecule has 1 aromatic heterocycles. The molecular weight excluding hydrogens is 263 g/mol. The highest BCUT2D eigenvalue weighted by molar-refractivity contribution is 6.14. The summed E-state index contributed by atoms with van der Waals surface area (Å²) in [6.07, 6.45) is 0. The second kappa shape index (κ2) is 4.38. The zero-order valence-electron chi connectivity index (χ0n) is 11.1. The Morgan fingerprint density at radius 2 is 2.25 bits per heavy atom. The third kappa shape index (κ3) is 1.56. The first-order chi connectivity index (χ1) is 9.58. The highest BCUT2D eigenvalue weighted by Gasteiger charge is 2.23. The van der Waals surface area contributed by atoms with E-state index in [0.717, 1.165) is 0 Å². The van der Waals surface area contributed by atoms with Crippen molar-refractivity contribution in [2.45, 2.75) is 27.0 Å². The van der Waals surface area contributed by atoms with Gasteiger partial charge in [-0.25, -0.2) is 9.18 Å². The molecule has 0 spiro atoms. The van der Waals surface area contributed by atoms with E-state index >= 15 is 0 Å². The highest BCUT2D eigenvalue weighted by atomic mass is 19.1. The van der Waals surface area contributed by atoms with Gasteiger partial charge in [-0.15, -0.1) is 0 Å². The van der Waals surface area contributed by atoms with E-state index in [4.69, 9.17) is 0 Å². The molecule has 0 atom stereocenters. The van der Waals surface area contributed by atoms with Gasteiger partial charge < -0.3 is 5.11 Å². The van der Waals surface area contributed by atoms with Gasteiger partial charge in [0, 0.05) is 17.7 Å². The van der Waals surface area contributed by atoms with Crippen LogP contribution in [0.2, 0.25) is 0 Å². The fourth-order valence-electron chi connectivity index (χ4n) is 2.44. The number of benzene rings is 1. The van der Waals surface area contributed by atoms with Crippen LogP contribution < -0.4 is 11.1 Å². The molecule has 0 amide bonds. The number of aliphatic hydroxyl groups is 1. The average molecular weight is 276 g/mol. The van der Waals surface area contributed by atoms with E-state index in [1.165, 1.54) is 4.57 Å². The van der Waals surface area contributed by atoms with Crippen LogP contribution in [0.5, 0.6) is 0 Å². The third-order valence-electron chi connectivity index (χ3n) is 3.47. The molecule has 104 valence electrons. The Morgan fingerprint density at radius 3 is 2.90 bits per heavy atom. The molecule has 3 rings (SSSR count). The van der Waals surface area contributed by atoms with E-state index < -0.39 is 18.1 Å². The molecule has 7 heteroatoms. The molecule has 6 nitrogen and oxygen atoms in total. The van der Waals surface area contributed by atoms with Gasteiger partial charge in [0.1, 0.15) is 11.3 Å². The molecule has 2 aromatic rings. The first-order valence-electron chi connectivity index (χ1n) is 6.26. The minimum Gasteiger partial charge on any atom is -0.392 e. The number of halogens is 1. The Bertz CT molecular complexity index is 810. The molecule has 20 heavy (non-hydrogen) atoms. The van der Waals surface area contributed by atoms with Gasteiger partial charge in [0.05, 0.1) is 17.7 Å². The number of aliphatic hydroxyl groups excluding tert-OH is 1. The predicted molar refractivity (Wildman–Crippen MR) is 73.4 cm³/mol. The number of hydrogen-bond donors (Lipinski definition) is 2. The van der Waals surface area contributed by atoms with Crippen molar-refractivity contribution in [3.8, 4) is 0 Å². The normalized spacial score (nSPS) is 13.3. The number of hydrazone groups is 1. The van der Waals surface area contributed by atoms with E-state index in [1.807, 2.05) is 0 Å². The van der Waals surface area contributed by atoms with Gasteiger partial charge in [0.15, 0.2) is 5.82 Å².